The number of nitrogens with zero attached hydrogens (tertiary/aromatic N) is 3. The van der Waals surface area contributed by atoms with Crippen LogP contribution in [-0.2, 0) is 5.75 Å². The molecule has 0 bridgehead atoms. The summed E-state index contributed by atoms with van der Waals surface area (Å²) in [5.74, 6) is 1.97. The summed E-state index contributed by atoms with van der Waals surface area (Å²) in [5, 5.41) is 21.4. The average molecular weight is 369 g/mol. The number of phenols is 1. The number of phenolic OH excluding ortho intramolecular Hbond substituents is 1. The lowest BCUT2D eigenvalue weighted by molar-refractivity contribution is 0.412. The van der Waals surface area contributed by atoms with Crippen LogP contribution in [0.2, 0.25) is 0 Å². The van der Waals surface area contributed by atoms with Crippen molar-refractivity contribution in [2.24, 2.45) is 5.10 Å². The van der Waals surface area contributed by atoms with E-state index in [1.165, 1.54) is 29.1 Å². The Labute approximate surface area is 155 Å². The molecule has 8 heteroatoms. The smallest absolute Gasteiger partial charge is 0.240 e. The van der Waals surface area contributed by atoms with Crippen LogP contribution >= 0.6 is 11.8 Å². The molecule has 0 atom stereocenters. The van der Waals surface area contributed by atoms with E-state index < -0.39 is 0 Å². The molecule has 7 nitrogen and oxygen atoms in total. The van der Waals surface area contributed by atoms with Crippen molar-refractivity contribution < 1.29 is 9.84 Å². The highest BCUT2D eigenvalue weighted by atomic mass is 32.2. The van der Waals surface area contributed by atoms with Crippen LogP contribution in [0.4, 0.5) is 5.95 Å². The summed E-state index contributed by atoms with van der Waals surface area (Å²) < 4.78 is 5.12. The predicted molar refractivity (Wildman–Crippen MR) is 103 cm³/mol. The van der Waals surface area contributed by atoms with E-state index >= 15 is 0 Å². The second kappa shape index (κ2) is 8.39. The number of aromatic hydroxyl groups is 1. The van der Waals surface area contributed by atoms with Gasteiger partial charge in [-0.25, -0.2) is 10.5 Å². The Morgan fingerprint density at radius 3 is 3.00 bits per heavy atom. The normalized spacial score (nSPS) is 11.0. The molecule has 0 spiro atoms. The summed E-state index contributed by atoms with van der Waals surface area (Å²) in [6.45, 7) is 2.07. The Morgan fingerprint density at radius 1 is 1.31 bits per heavy atom. The summed E-state index contributed by atoms with van der Waals surface area (Å²) in [7, 11) is 1.57. The maximum Gasteiger partial charge on any atom is 0.240 e. The Kier molecular flexibility index (Phi) is 5.75. The first kappa shape index (κ1) is 17.8. The molecule has 0 fully saturated rings. The Morgan fingerprint density at radius 2 is 2.19 bits per heavy atom. The van der Waals surface area contributed by atoms with Crippen LogP contribution in [-0.4, -0.2) is 33.6 Å². The first-order chi connectivity index (χ1) is 12.6. The second-order valence-electron chi connectivity index (χ2n) is 5.54. The minimum atomic E-state index is 0.114. The van der Waals surface area contributed by atoms with Crippen molar-refractivity contribution >= 4 is 23.9 Å². The van der Waals surface area contributed by atoms with E-state index in [-0.39, 0.29) is 5.75 Å². The van der Waals surface area contributed by atoms with Gasteiger partial charge in [-0.05, 0) is 30.7 Å². The molecule has 1 aromatic heterocycles. The lowest BCUT2D eigenvalue weighted by Gasteiger charge is -2.02. The van der Waals surface area contributed by atoms with Crippen LogP contribution in [0.5, 0.6) is 11.5 Å². The quantitative estimate of drug-likeness (QED) is 0.335. The number of rotatable bonds is 7. The number of benzene rings is 2. The van der Waals surface area contributed by atoms with Crippen molar-refractivity contribution in [3.05, 3.63) is 59.2 Å². The van der Waals surface area contributed by atoms with Crippen molar-refractivity contribution in [1.29, 1.82) is 0 Å². The molecule has 0 saturated carbocycles. The van der Waals surface area contributed by atoms with Crippen LogP contribution in [0, 0.1) is 6.92 Å². The zero-order valence-electron chi connectivity index (χ0n) is 14.4. The van der Waals surface area contributed by atoms with Crippen molar-refractivity contribution in [2.45, 2.75) is 17.8 Å². The van der Waals surface area contributed by atoms with Gasteiger partial charge in [0.2, 0.25) is 11.1 Å². The van der Waals surface area contributed by atoms with Crippen LogP contribution in [0.15, 0.2) is 52.7 Å². The number of nitrogens with one attached hydrogen (secondary N) is 2. The first-order valence-corrected chi connectivity index (χ1v) is 8.89. The van der Waals surface area contributed by atoms with E-state index in [9.17, 15) is 5.11 Å². The van der Waals surface area contributed by atoms with Gasteiger partial charge in [0.05, 0.1) is 13.3 Å². The summed E-state index contributed by atoms with van der Waals surface area (Å²) in [6, 6.07) is 13.2. The zero-order valence-corrected chi connectivity index (χ0v) is 15.2. The number of thioether (sulfide) groups is 1. The van der Waals surface area contributed by atoms with E-state index in [2.05, 4.69) is 50.8 Å². The molecule has 0 saturated heterocycles. The monoisotopic (exact) mass is 369 g/mol. The molecule has 0 aliphatic heterocycles. The molecule has 0 unspecified atom stereocenters. The predicted octanol–water partition coefficient (Wildman–Crippen LogP) is 3.57. The van der Waals surface area contributed by atoms with E-state index in [1.54, 1.807) is 25.3 Å². The van der Waals surface area contributed by atoms with E-state index in [1.807, 2.05) is 6.07 Å². The van der Waals surface area contributed by atoms with Gasteiger partial charge >= 0.3 is 0 Å². The molecule has 0 amide bonds. The minimum absolute atomic E-state index is 0.114. The summed E-state index contributed by atoms with van der Waals surface area (Å²) in [4.78, 5) is 4.32. The summed E-state index contributed by atoms with van der Waals surface area (Å²) >= 11 is 1.54. The SMILES string of the molecule is COc1ccc(O)c(/C=N\Nc2nc(SCc3cccc(C)c3)n[nH]2)c1. The highest BCUT2D eigenvalue weighted by Crippen LogP contribution is 2.22. The molecule has 26 heavy (non-hydrogen) atoms. The molecule has 1 heterocycles. The fraction of sp³-hybridized carbons (Fsp3) is 0.167. The van der Waals surface area contributed by atoms with Gasteiger partial charge in [0.15, 0.2) is 0 Å². The van der Waals surface area contributed by atoms with E-state index in [0.717, 1.165) is 5.75 Å². The third kappa shape index (κ3) is 4.76. The average Bonchev–Trinajstić information content (AvgIpc) is 3.09. The Hall–Kier alpha value is -3.00. The molecular weight excluding hydrogens is 350 g/mol. The fourth-order valence-electron chi connectivity index (χ4n) is 2.24. The number of hydrazone groups is 1. The second-order valence-corrected chi connectivity index (χ2v) is 6.48. The van der Waals surface area contributed by atoms with Gasteiger partial charge in [-0.2, -0.15) is 10.1 Å². The molecule has 3 N–H and O–H groups in total. The molecule has 0 aliphatic rings. The molecule has 134 valence electrons. The molecule has 0 aliphatic carbocycles. The van der Waals surface area contributed by atoms with Gasteiger partial charge in [0.25, 0.3) is 0 Å². The zero-order chi connectivity index (χ0) is 18.4. The van der Waals surface area contributed by atoms with E-state index in [0.29, 0.717) is 22.4 Å². The molecule has 3 rings (SSSR count). The minimum Gasteiger partial charge on any atom is -0.507 e. The third-order valence-electron chi connectivity index (χ3n) is 3.52. The molecule has 2 aromatic carbocycles. The maximum atomic E-state index is 9.82. The highest BCUT2D eigenvalue weighted by molar-refractivity contribution is 7.98. The highest BCUT2D eigenvalue weighted by Gasteiger charge is 2.04. The van der Waals surface area contributed by atoms with Crippen molar-refractivity contribution in [3.8, 4) is 11.5 Å². The van der Waals surface area contributed by atoms with Gasteiger partial charge in [-0.15, -0.1) is 5.10 Å². The van der Waals surface area contributed by atoms with E-state index in [4.69, 9.17) is 4.74 Å². The first-order valence-electron chi connectivity index (χ1n) is 7.91. The fourth-order valence-corrected chi connectivity index (χ4v) is 2.98. The Bertz CT molecular complexity index is 910. The van der Waals surface area contributed by atoms with Gasteiger partial charge in [-0.3, -0.25) is 0 Å². The van der Waals surface area contributed by atoms with Gasteiger partial charge in [0, 0.05) is 11.3 Å². The lowest BCUT2D eigenvalue weighted by atomic mass is 10.2. The molecule has 3 aromatic rings. The van der Waals surface area contributed by atoms with Crippen molar-refractivity contribution in [2.75, 3.05) is 12.5 Å². The van der Waals surface area contributed by atoms with Crippen LogP contribution in [0.25, 0.3) is 0 Å². The van der Waals surface area contributed by atoms with Crippen LogP contribution in [0.3, 0.4) is 0 Å². The topological polar surface area (TPSA) is 95.4 Å². The van der Waals surface area contributed by atoms with Crippen LogP contribution in [0.1, 0.15) is 16.7 Å². The molecule has 0 radical (unpaired) electrons. The van der Waals surface area contributed by atoms with Crippen molar-refractivity contribution in [1.82, 2.24) is 15.2 Å². The number of ether oxygens (including phenoxy) is 1. The number of aromatic amines is 1. The number of hydrogen-bond donors (Lipinski definition) is 3. The lowest BCUT2D eigenvalue weighted by Crippen LogP contribution is -1.93. The van der Waals surface area contributed by atoms with Gasteiger partial charge in [0.1, 0.15) is 11.5 Å². The number of H-pyrrole nitrogens is 1. The summed E-state index contributed by atoms with van der Waals surface area (Å²) in [5.41, 5.74) is 5.75. The standard InChI is InChI=1S/C18H19N5O2S/c1-12-4-3-5-13(8-12)11-26-18-20-17(22-23-18)21-19-10-14-9-15(25-2)6-7-16(14)24/h3-10,24H,11H2,1-2H3,(H2,20,21,22,23)/b19-10-. The number of hydrogen-bond acceptors (Lipinski definition) is 7. The summed E-state index contributed by atoms with van der Waals surface area (Å²) in [6.07, 6.45) is 1.49. The molecular formula is C18H19N5O2S. The number of methoxy groups -OCH3 is 1. The van der Waals surface area contributed by atoms with Gasteiger partial charge in [-0.1, -0.05) is 41.6 Å². The largest absolute Gasteiger partial charge is 0.507 e. The number of anilines is 1. The van der Waals surface area contributed by atoms with Crippen molar-refractivity contribution in [3.63, 3.8) is 0 Å². The van der Waals surface area contributed by atoms with Gasteiger partial charge < -0.3 is 9.84 Å². The third-order valence-corrected chi connectivity index (χ3v) is 4.44. The maximum absolute atomic E-state index is 9.82. The van der Waals surface area contributed by atoms with Crippen LogP contribution < -0.4 is 10.2 Å². The number of aryl methyl sites for hydroxylation is 1. The number of aromatic nitrogens is 3. The Balaban J connectivity index is 1.57.